The van der Waals surface area contributed by atoms with Crippen molar-refractivity contribution < 1.29 is 50.3 Å². The SMILES string of the molecule is CC1CCC(C2(C(F)(F)F)CC2)N(C(=O)C(=O)Nc2cnc(N)c3cnn(COCC[Si](C)(C)C)c23)C1.CC1CCC(C2(C(F)(F)F)CC2)N(C(=O)C(N)=O)C1. The smallest absolute Gasteiger partial charge is 0.383 e. The number of hydrogen-bond donors (Lipinski definition) is 3. The molecule has 0 spiro atoms. The van der Waals surface area contributed by atoms with Crippen LogP contribution in [-0.4, -0.2) is 100 Å². The Hall–Kier alpha value is -3.94. The number of rotatable bonds is 8. The number of ether oxygens (including phenoxy) is 1. The van der Waals surface area contributed by atoms with Gasteiger partial charge in [-0.05, 0) is 69.2 Å². The Bertz CT molecular complexity index is 1810. The van der Waals surface area contributed by atoms with Crippen molar-refractivity contribution in [1.29, 1.82) is 0 Å². The molecule has 4 heterocycles. The number of alkyl halides is 6. The van der Waals surface area contributed by atoms with Gasteiger partial charge in [-0.1, -0.05) is 33.5 Å². The van der Waals surface area contributed by atoms with E-state index in [1.54, 1.807) is 0 Å². The molecule has 2 saturated heterocycles. The Morgan fingerprint density at radius 1 is 0.857 bits per heavy atom. The Labute approximate surface area is 322 Å². The van der Waals surface area contributed by atoms with Gasteiger partial charge in [0.15, 0.2) is 0 Å². The molecule has 4 amide bonds. The summed E-state index contributed by atoms with van der Waals surface area (Å²) in [6.45, 7) is 11.4. The van der Waals surface area contributed by atoms with Crippen molar-refractivity contribution in [3.63, 3.8) is 0 Å². The van der Waals surface area contributed by atoms with Gasteiger partial charge in [0.2, 0.25) is 0 Å². The van der Waals surface area contributed by atoms with E-state index in [2.05, 4.69) is 35.0 Å². The molecule has 5 N–H and O–H groups in total. The third kappa shape index (κ3) is 8.94. The Morgan fingerprint density at radius 2 is 1.36 bits per heavy atom. The third-order valence-corrected chi connectivity index (χ3v) is 13.4. The number of primary amides is 1. The molecule has 0 aromatic carbocycles. The molecule has 13 nitrogen and oxygen atoms in total. The molecular formula is C36H52F6N8O5Si. The molecule has 4 unspecified atom stereocenters. The summed E-state index contributed by atoms with van der Waals surface area (Å²) in [7, 11) is -1.29. The van der Waals surface area contributed by atoms with Crippen molar-refractivity contribution in [2.45, 2.75) is 122 Å². The van der Waals surface area contributed by atoms with Crippen LogP contribution < -0.4 is 16.8 Å². The number of nitrogen functional groups attached to an aromatic ring is 1. The number of fused-ring (bicyclic) bond motifs is 1. The van der Waals surface area contributed by atoms with Crippen LogP contribution in [-0.2, 0) is 30.6 Å². The number of carbonyl (C=O) groups excluding carboxylic acids is 4. The highest BCUT2D eigenvalue weighted by Gasteiger charge is 2.70. The topological polar surface area (TPSA) is 179 Å². The van der Waals surface area contributed by atoms with Crippen molar-refractivity contribution >= 4 is 54.1 Å². The van der Waals surface area contributed by atoms with Gasteiger partial charge < -0.3 is 31.3 Å². The predicted molar refractivity (Wildman–Crippen MR) is 197 cm³/mol. The Balaban J connectivity index is 0.000000265. The molecule has 4 aliphatic rings. The van der Waals surface area contributed by atoms with E-state index in [0.29, 0.717) is 30.4 Å². The highest BCUT2D eigenvalue weighted by Crippen LogP contribution is 2.63. The predicted octanol–water partition coefficient (Wildman–Crippen LogP) is 5.68. The van der Waals surface area contributed by atoms with Gasteiger partial charge >= 0.3 is 36.0 Å². The molecule has 2 aliphatic heterocycles. The van der Waals surface area contributed by atoms with E-state index in [0.717, 1.165) is 15.8 Å². The van der Waals surface area contributed by atoms with Crippen LogP contribution in [0.4, 0.5) is 37.8 Å². The molecule has 312 valence electrons. The number of amides is 4. The van der Waals surface area contributed by atoms with E-state index >= 15 is 0 Å². The Morgan fingerprint density at radius 3 is 1.80 bits per heavy atom. The lowest BCUT2D eigenvalue weighted by Crippen LogP contribution is -2.56. The summed E-state index contributed by atoms with van der Waals surface area (Å²) in [4.78, 5) is 55.3. The number of halogens is 6. The maximum Gasteiger partial charge on any atom is 0.396 e. The number of nitrogens with one attached hydrogen (secondary N) is 1. The minimum Gasteiger partial charge on any atom is -0.383 e. The molecule has 4 atom stereocenters. The van der Waals surface area contributed by atoms with Crippen molar-refractivity contribution in [3.05, 3.63) is 12.4 Å². The maximum absolute atomic E-state index is 13.9. The summed E-state index contributed by atoms with van der Waals surface area (Å²) < 4.78 is 88.5. The number of hydrogen-bond acceptors (Lipinski definition) is 8. The molecule has 2 aromatic rings. The molecule has 20 heteroatoms. The summed E-state index contributed by atoms with van der Waals surface area (Å²) in [5.41, 5.74) is 7.80. The van der Waals surface area contributed by atoms with Crippen LogP contribution in [0, 0.1) is 22.7 Å². The van der Waals surface area contributed by atoms with Gasteiger partial charge in [0.25, 0.3) is 0 Å². The maximum atomic E-state index is 13.9. The highest BCUT2D eigenvalue weighted by atomic mass is 28.3. The number of pyridine rings is 1. The van der Waals surface area contributed by atoms with E-state index < -0.39 is 67.0 Å². The zero-order valence-electron chi connectivity index (χ0n) is 32.4. The zero-order valence-corrected chi connectivity index (χ0v) is 33.4. The number of likely N-dealkylation sites (tertiary alicyclic amines) is 2. The average molecular weight is 819 g/mol. The lowest BCUT2D eigenvalue weighted by molar-refractivity contribution is -0.211. The summed E-state index contributed by atoms with van der Waals surface area (Å²) >= 11 is 0. The minimum absolute atomic E-state index is 0.00308. The van der Waals surface area contributed by atoms with E-state index in [1.165, 1.54) is 17.1 Å². The largest absolute Gasteiger partial charge is 0.396 e. The lowest BCUT2D eigenvalue weighted by atomic mass is 9.83. The quantitative estimate of drug-likeness (QED) is 0.132. The zero-order chi connectivity index (χ0) is 41.6. The van der Waals surface area contributed by atoms with E-state index in [-0.39, 0.29) is 81.7 Å². The fourth-order valence-electron chi connectivity index (χ4n) is 8.07. The first kappa shape index (κ1) is 43.2. The normalized spacial score (nSPS) is 24.6. The van der Waals surface area contributed by atoms with Crippen LogP contribution in [0.3, 0.4) is 0 Å². The van der Waals surface area contributed by atoms with Gasteiger partial charge in [0, 0.05) is 39.9 Å². The van der Waals surface area contributed by atoms with Crippen LogP contribution >= 0.6 is 0 Å². The molecule has 56 heavy (non-hydrogen) atoms. The number of carbonyl (C=O) groups is 4. The molecule has 2 aromatic heterocycles. The van der Waals surface area contributed by atoms with Gasteiger partial charge in [-0.2, -0.15) is 31.4 Å². The van der Waals surface area contributed by atoms with E-state index in [1.807, 2.05) is 13.8 Å². The summed E-state index contributed by atoms with van der Waals surface area (Å²) in [5, 5.41) is 7.32. The molecule has 4 fully saturated rings. The first-order valence-corrected chi connectivity index (χ1v) is 22.7. The van der Waals surface area contributed by atoms with Crippen LogP contribution in [0.5, 0.6) is 0 Å². The first-order valence-electron chi connectivity index (χ1n) is 19.0. The second-order valence-corrected chi connectivity index (χ2v) is 22.9. The molecule has 6 rings (SSSR count). The minimum atomic E-state index is -4.43. The molecule has 0 radical (unpaired) electrons. The summed E-state index contributed by atoms with van der Waals surface area (Å²) in [6.07, 6.45) is -4.25. The molecular weight excluding hydrogens is 767 g/mol. The lowest BCUT2D eigenvalue weighted by Gasteiger charge is -2.43. The summed E-state index contributed by atoms with van der Waals surface area (Å²) in [6, 6.07) is -1.02. The summed E-state index contributed by atoms with van der Waals surface area (Å²) in [5.74, 6) is -3.89. The van der Waals surface area contributed by atoms with Crippen LogP contribution in [0.25, 0.3) is 10.9 Å². The highest BCUT2D eigenvalue weighted by molar-refractivity contribution is 6.76. The monoisotopic (exact) mass is 818 g/mol. The molecule has 2 saturated carbocycles. The van der Waals surface area contributed by atoms with Crippen molar-refractivity contribution in [2.75, 3.05) is 30.7 Å². The molecule has 2 aliphatic carbocycles. The van der Waals surface area contributed by atoms with Gasteiger partial charge in [-0.15, -0.1) is 0 Å². The van der Waals surface area contributed by atoms with Crippen molar-refractivity contribution in [1.82, 2.24) is 24.6 Å². The van der Waals surface area contributed by atoms with E-state index in [4.69, 9.17) is 16.2 Å². The van der Waals surface area contributed by atoms with Crippen LogP contribution in [0.1, 0.15) is 65.2 Å². The second-order valence-electron chi connectivity index (χ2n) is 17.2. The first-order chi connectivity index (χ1) is 25.9. The fourth-order valence-corrected chi connectivity index (χ4v) is 8.83. The van der Waals surface area contributed by atoms with Gasteiger partial charge in [0.1, 0.15) is 12.5 Å². The van der Waals surface area contributed by atoms with E-state index in [9.17, 15) is 45.5 Å². The van der Waals surface area contributed by atoms with Gasteiger partial charge in [0.05, 0.1) is 39.8 Å². The molecule has 0 bridgehead atoms. The third-order valence-electron chi connectivity index (χ3n) is 11.7. The van der Waals surface area contributed by atoms with Crippen LogP contribution in [0.15, 0.2) is 12.4 Å². The average Bonchev–Trinajstić information content (AvgIpc) is 4.03. The van der Waals surface area contributed by atoms with Crippen molar-refractivity contribution in [2.24, 2.45) is 28.4 Å². The van der Waals surface area contributed by atoms with Crippen molar-refractivity contribution in [3.8, 4) is 0 Å². The van der Waals surface area contributed by atoms with Gasteiger partial charge in [-0.3, -0.25) is 19.2 Å². The van der Waals surface area contributed by atoms with Gasteiger partial charge in [-0.25, -0.2) is 9.67 Å². The number of nitrogens with two attached hydrogens (primary N) is 2. The number of nitrogens with zero attached hydrogens (tertiary/aromatic N) is 5. The Kier molecular flexibility index (Phi) is 12.2. The number of piperidine rings is 2. The number of anilines is 2. The number of aromatic nitrogens is 3. The standard InChI is InChI=1S/C24H35F3N6O3Si.C12H17F3N2O2/c1-15-5-6-18(23(7-8-23)24(25,26)27)32(13-15)22(35)21(34)31-17-12-29-20(28)16-11-30-33(19(16)17)14-36-9-10-37(2,3)4;1-7-2-3-8(11(4-5-11)12(13,14)15)17(6-7)10(19)9(16)18/h11-12,15,18H,5-10,13-14H2,1-4H3,(H2,28,29)(H,31,34);7-8H,2-6H2,1H3,(H2,16,18). The fraction of sp³-hybridized carbons (Fsp3) is 0.722. The van der Waals surface area contributed by atoms with Crippen LogP contribution in [0.2, 0.25) is 25.7 Å². The second kappa shape index (κ2) is 15.8.